The lowest BCUT2D eigenvalue weighted by Gasteiger charge is -2.21. The van der Waals surface area contributed by atoms with Crippen LogP contribution >= 0.6 is 28.3 Å². The fourth-order valence-corrected chi connectivity index (χ4v) is 2.67. The van der Waals surface area contributed by atoms with Gasteiger partial charge in [0.25, 0.3) is 0 Å². The van der Waals surface area contributed by atoms with Crippen LogP contribution < -0.4 is 16.0 Å². The van der Waals surface area contributed by atoms with E-state index in [2.05, 4.69) is 31.9 Å². The van der Waals surface area contributed by atoms with Gasteiger partial charge in [0.15, 0.2) is 0 Å². The van der Waals surface area contributed by atoms with Crippen LogP contribution in [0.5, 0.6) is 0 Å². The topological polar surface area (TPSA) is 70.2 Å². The average Bonchev–Trinajstić information content (AvgIpc) is 2.49. The summed E-state index contributed by atoms with van der Waals surface area (Å²) >= 11 is 3.37. The maximum atomic E-state index is 11.9. The number of hydrogen-bond donors (Lipinski definition) is 3. The molecule has 5 nitrogen and oxygen atoms in total. The van der Waals surface area contributed by atoms with Crippen LogP contribution in [0.25, 0.3) is 0 Å². The number of amides is 2. The van der Waals surface area contributed by atoms with Crippen molar-refractivity contribution in [2.45, 2.75) is 19.8 Å². The highest BCUT2D eigenvalue weighted by atomic mass is 79.9. The zero-order valence-electron chi connectivity index (χ0n) is 12.4. The monoisotopic (exact) mass is 389 g/mol. The van der Waals surface area contributed by atoms with Gasteiger partial charge in [0.2, 0.25) is 11.8 Å². The molecule has 2 amide bonds. The Kier molecular flexibility index (Phi) is 7.85. The first-order valence-corrected chi connectivity index (χ1v) is 7.90. The Morgan fingerprint density at radius 1 is 1.41 bits per heavy atom. The van der Waals surface area contributed by atoms with E-state index in [1.165, 1.54) is 0 Å². The number of carbonyl (C=O) groups excluding carboxylic acids is 2. The van der Waals surface area contributed by atoms with Crippen LogP contribution in [0.3, 0.4) is 0 Å². The smallest absolute Gasteiger partial charge is 0.243 e. The third-order valence-electron chi connectivity index (χ3n) is 3.56. The van der Waals surface area contributed by atoms with Gasteiger partial charge in [0.05, 0.1) is 12.5 Å². The highest BCUT2D eigenvalue weighted by molar-refractivity contribution is 9.10. The Morgan fingerprint density at radius 2 is 2.18 bits per heavy atom. The summed E-state index contributed by atoms with van der Waals surface area (Å²) in [5.41, 5.74) is 1.73. The average molecular weight is 391 g/mol. The van der Waals surface area contributed by atoms with Crippen molar-refractivity contribution in [3.63, 3.8) is 0 Å². The summed E-state index contributed by atoms with van der Waals surface area (Å²) < 4.78 is 0.903. The van der Waals surface area contributed by atoms with E-state index in [9.17, 15) is 9.59 Å². The molecule has 1 fully saturated rings. The largest absolute Gasteiger partial charge is 0.347 e. The van der Waals surface area contributed by atoms with E-state index in [1.807, 2.05) is 25.1 Å². The maximum Gasteiger partial charge on any atom is 0.243 e. The molecule has 0 bridgehead atoms. The molecule has 0 saturated carbocycles. The quantitative estimate of drug-likeness (QED) is 0.738. The molecule has 3 N–H and O–H groups in total. The second-order valence-corrected chi connectivity index (χ2v) is 6.18. The molecule has 22 heavy (non-hydrogen) atoms. The molecule has 0 aliphatic carbocycles. The minimum Gasteiger partial charge on any atom is -0.347 e. The lowest BCUT2D eigenvalue weighted by atomic mass is 9.99. The Bertz CT molecular complexity index is 534. The van der Waals surface area contributed by atoms with Crippen LogP contribution in [0, 0.1) is 12.8 Å². The molecule has 1 saturated heterocycles. The standard InChI is InChI=1S/C15H20BrN3O2.ClH/c1-10-4-5-12(16)7-13(10)19-14(20)9-18-15(21)11-3-2-6-17-8-11;/h4-5,7,11,17H,2-3,6,8-9H2,1H3,(H,18,21)(H,19,20);1H. The Hall–Kier alpha value is -1.11. The Morgan fingerprint density at radius 3 is 2.86 bits per heavy atom. The molecule has 1 aromatic carbocycles. The molecular formula is C15H21BrClN3O2. The van der Waals surface area contributed by atoms with Crippen molar-refractivity contribution in [1.29, 1.82) is 0 Å². The van der Waals surface area contributed by atoms with E-state index in [0.29, 0.717) is 6.54 Å². The summed E-state index contributed by atoms with van der Waals surface area (Å²) in [6, 6.07) is 5.69. The number of hydrogen-bond acceptors (Lipinski definition) is 3. The summed E-state index contributed by atoms with van der Waals surface area (Å²) in [5, 5.41) is 8.70. The number of piperidine rings is 1. The van der Waals surface area contributed by atoms with E-state index in [4.69, 9.17) is 0 Å². The molecule has 0 spiro atoms. The van der Waals surface area contributed by atoms with Crippen molar-refractivity contribution < 1.29 is 9.59 Å². The van der Waals surface area contributed by atoms with Gasteiger partial charge in [0, 0.05) is 16.7 Å². The summed E-state index contributed by atoms with van der Waals surface area (Å²) in [7, 11) is 0. The molecule has 1 aromatic rings. The minimum absolute atomic E-state index is 0. The van der Waals surface area contributed by atoms with E-state index < -0.39 is 0 Å². The molecule has 0 aromatic heterocycles. The maximum absolute atomic E-state index is 11.9. The molecule has 0 radical (unpaired) electrons. The predicted molar refractivity (Wildman–Crippen MR) is 93.4 cm³/mol. The lowest BCUT2D eigenvalue weighted by Crippen LogP contribution is -2.42. The molecule has 1 aliphatic heterocycles. The van der Waals surface area contributed by atoms with Gasteiger partial charge in [-0.25, -0.2) is 0 Å². The fraction of sp³-hybridized carbons (Fsp3) is 0.467. The summed E-state index contributed by atoms with van der Waals surface area (Å²) in [6.45, 7) is 3.58. The number of anilines is 1. The number of halogens is 2. The number of rotatable bonds is 4. The van der Waals surface area contributed by atoms with Crippen molar-refractivity contribution >= 4 is 45.8 Å². The highest BCUT2D eigenvalue weighted by Gasteiger charge is 2.21. The molecule has 1 heterocycles. The summed E-state index contributed by atoms with van der Waals surface area (Å²) in [4.78, 5) is 23.8. The molecule has 1 atom stereocenters. The first-order chi connectivity index (χ1) is 10.1. The van der Waals surface area contributed by atoms with Crippen LogP contribution in [0.15, 0.2) is 22.7 Å². The molecule has 1 aliphatic rings. The van der Waals surface area contributed by atoms with Crippen molar-refractivity contribution in [3.05, 3.63) is 28.2 Å². The Balaban J connectivity index is 0.00000242. The molecular weight excluding hydrogens is 370 g/mol. The van der Waals surface area contributed by atoms with Crippen LogP contribution in [-0.4, -0.2) is 31.4 Å². The Labute approximate surface area is 145 Å². The summed E-state index contributed by atoms with van der Waals surface area (Å²) in [5.74, 6) is -0.296. The van der Waals surface area contributed by atoms with Gasteiger partial charge in [-0.15, -0.1) is 12.4 Å². The normalized spacial score (nSPS) is 17.3. The van der Waals surface area contributed by atoms with Crippen molar-refractivity contribution in [1.82, 2.24) is 10.6 Å². The van der Waals surface area contributed by atoms with Crippen molar-refractivity contribution in [3.8, 4) is 0 Å². The molecule has 1 unspecified atom stereocenters. The van der Waals surface area contributed by atoms with Gasteiger partial charge in [-0.2, -0.15) is 0 Å². The lowest BCUT2D eigenvalue weighted by molar-refractivity contribution is -0.127. The van der Waals surface area contributed by atoms with Crippen LogP contribution in [0.4, 0.5) is 5.69 Å². The van der Waals surface area contributed by atoms with E-state index in [-0.39, 0.29) is 36.7 Å². The zero-order chi connectivity index (χ0) is 15.2. The number of aryl methyl sites for hydroxylation is 1. The van der Waals surface area contributed by atoms with Crippen LogP contribution in [-0.2, 0) is 9.59 Å². The predicted octanol–water partition coefficient (Wildman–Crippen LogP) is 2.23. The van der Waals surface area contributed by atoms with Gasteiger partial charge < -0.3 is 16.0 Å². The van der Waals surface area contributed by atoms with Gasteiger partial charge >= 0.3 is 0 Å². The second kappa shape index (κ2) is 9.12. The fourth-order valence-electron chi connectivity index (χ4n) is 2.31. The number of nitrogens with one attached hydrogen (secondary N) is 3. The highest BCUT2D eigenvalue weighted by Crippen LogP contribution is 2.20. The van der Waals surface area contributed by atoms with Crippen LogP contribution in [0.1, 0.15) is 18.4 Å². The third-order valence-corrected chi connectivity index (χ3v) is 4.06. The van der Waals surface area contributed by atoms with E-state index in [1.54, 1.807) is 0 Å². The van der Waals surface area contributed by atoms with Gasteiger partial charge in [0.1, 0.15) is 0 Å². The van der Waals surface area contributed by atoms with E-state index in [0.717, 1.165) is 35.1 Å². The summed E-state index contributed by atoms with van der Waals surface area (Å²) in [6.07, 6.45) is 1.88. The second-order valence-electron chi connectivity index (χ2n) is 5.27. The van der Waals surface area contributed by atoms with Gasteiger partial charge in [-0.3, -0.25) is 9.59 Å². The number of benzene rings is 1. The third kappa shape index (κ3) is 5.59. The van der Waals surface area contributed by atoms with Crippen molar-refractivity contribution in [2.75, 3.05) is 25.0 Å². The molecule has 122 valence electrons. The SMILES string of the molecule is Cc1ccc(Br)cc1NC(=O)CNC(=O)C1CCCNC1.Cl. The molecule has 2 rings (SSSR count). The van der Waals surface area contributed by atoms with Crippen LogP contribution in [0.2, 0.25) is 0 Å². The zero-order valence-corrected chi connectivity index (χ0v) is 14.9. The van der Waals surface area contributed by atoms with Gasteiger partial charge in [-0.05, 0) is 44.0 Å². The van der Waals surface area contributed by atoms with Gasteiger partial charge in [-0.1, -0.05) is 22.0 Å². The first-order valence-electron chi connectivity index (χ1n) is 7.10. The minimum atomic E-state index is -0.215. The van der Waals surface area contributed by atoms with Crippen molar-refractivity contribution in [2.24, 2.45) is 5.92 Å². The van der Waals surface area contributed by atoms with E-state index >= 15 is 0 Å². The number of carbonyl (C=O) groups is 2. The first kappa shape index (κ1) is 18.9. The molecule has 7 heteroatoms.